The van der Waals surface area contributed by atoms with Crippen LogP contribution in [0.2, 0.25) is 5.02 Å². The van der Waals surface area contributed by atoms with Crippen LogP contribution >= 0.6 is 11.6 Å². The summed E-state index contributed by atoms with van der Waals surface area (Å²) in [6.45, 7) is -0.529. The normalized spacial score (nSPS) is 10.6. The number of nitrogens with one attached hydrogen (secondary N) is 1. The lowest BCUT2D eigenvalue weighted by Crippen LogP contribution is -2.14. The molecule has 0 aliphatic heterocycles. The van der Waals surface area contributed by atoms with Crippen molar-refractivity contribution in [1.82, 2.24) is 0 Å². The number of rotatable bonds is 8. The molecule has 0 aliphatic rings. The zero-order chi connectivity index (χ0) is 21.4. The number of carboxylic acid groups (broad SMARTS) is 1. The minimum absolute atomic E-state index is 0.173. The zero-order valence-electron chi connectivity index (χ0n) is 15.6. The Morgan fingerprint density at radius 3 is 2.45 bits per heavy atom. The molecular formula is C20H17ClN2O6. The maximum atomic E-state index is 12.5. The number of halogens is 1. The van der Waals surface area contributed by atoms with Gasteiger partial charge in [0.2, 0.25) is 0 Å². The number of carbonyl (C=O) groups excluding carboxylic acids is 1. The van der Waals surface area contributed by atoms with Crippen LogP contribution in [-0.2, 0) is 9.59 Å². The first kappa shape index (κ1) is 21.6. The molecule has 0 atom stereocenters. The van der Waals surface area contributed by atoms with Crippen molar-refractivity contribution in [1.29, 1.82) is 5.26 Å². The van der Waals surface area contributed by atoms with Crippen LogP contribution in [-0.4, -0.2) is 37.8 Å². The Bertz CT molecular complexity index is 997. The summed E-state index contributed by atoms with van der Waals surface area (Å²) < 4.78 is 15.5. The molecule has 29 heavy (non-hydrogen) atoms. The summed E-state index contributed by atoms with van der Waals surface area (Å²) >= 11 is 5.94. The van der Waals surface area contributed by atoms with E-state index in [0.29, 0.717) is 22.0 Å². The number of carbonyl (C=O) groups is 2. The van der Waals surface area contributed by atoms with E-state index < -0.39 is 18.5 Å². The van der Waals surface area contributed by atoms with Crippen molar-refractivity contribution in [3.05, 3.63) is 52.6 Å². The third-order valence-corrected chi connectivity index (χ3v) is 3.86. The first-order valence-electron chi connectivity index (χ1n) is 8.17. The Balaban J connectivity index is 2.27. The Kier molecular flexibility index (Phi) is 7.46. The SMILES string of the molecule is COc1ccc(Cl)cc1NC(=O)/C(C#N)=C/c1ccc(OCC(=O)O)c(OC)c1. The van der Waals surface area contributed by atoms with Crippen molar-refractivity contribution in [3.8, 4) is 23.3 Å². The number of hydrogen-bond acceptors (Lipinski definition) is 6. The van der Waals surface area contributed by atoms with Crippen LogP contribution in [0, 0.1) is 11.3 Å². The lowest BCUT2D eigenvalue weighted by atomic mass is 10.1. The smallest absolute Gasteiger partial charge is 0.341 e. The molecular weight excluding hydrogens is 400 g/mol. The molecule has 2 N–H and O–H groups in total. The highest BCUT2D eigenvalue weighted by molar-refractivity contribution is 6.31. The topological polar surface area (TPSA) is 118 Å². The predicted octanol–water partition coefficient (Wildman–Crippen LogP) is 3.37. The number of hydrogen-bond donors (Lipinski definition) is 2. The van der Waals surface area contributed by atoms with Crippen LogP contribution in [0.4, 0.5) is 5.69 Å². The average molecular weight is 417 g/mol. The molecule has 0 fully saturated rings. The zero-order valence-corrected chi connectivity index (χ0v) is 16.3. The molecule has 150 valence electrons. The highest BCUT2D eigenvalue weighted by Gasteiger charge is 2.14. The number of nitriles is 1. The first-order chi connectivity index (χ1) is 13.9. The molecule has 0 saturated heterocycles. The van der Waals surface area contributed by atoms with Crippen molar-refractivity contribution in [2.24, 2.45) is 0 Å². The molecule has 9 heteroatoms. The maximum absolute atomic E-state index is 12.5. The van der Waals surface area contributed by atoms with Crippen molar-refractivity contribution in [2.45, 2.75) is 0 Å². The van der Waals surface area contributed by atoms with Gasteiger partial charge in [-0.15, -0.1) is 0 Å². The van der Waals surface area contributed by atoms with Crippen molar-refractivity contribution >= 4 is 35.2 Å². The molecule has 0 heterocycles. The fourth-order valence-corrected chi connectivity index (χ4v) is 2.49. The fraction of sp³-hybridized carbons (Fsp3) is 0.150. The van der Waals surface area contributed by atoms with Gasteiger partial charge in [0.25, 0.3) is 5.91 Å². The highest BCUT2D eigenvalue weighted by Crippen LogP contribution is 2.30. The van der Waals surface area contributed by atoms with Crippen LogP contribution in [0.15, 0.2) is 42.0 Å². The van der Waals surface area contributed by atoms with E-state index in [2.05, 4.69) is 5.32 Å². The minimum Gasteiger partial charge on any atom is -0.495 e. The van der Waals surface area contributed by atoms with E-state index in [9.17, 15) is 14.9 Å². The Morgan fingerprint density at radius 1 is 1.14 bits per heavy atom. The number of anilines is 1. The molecule has 1 amide bonds. The van der Waals surface area contributed by atoms with Gasteiger partial charge in [-0.1, -0.05) is 17.7 Å². The molecule has 0 aliphatic carbocycles. The van der Waals surface area contributed by atoms with Gasteiger partial charge in [-0.2, -0.15) is 5.26 Å². The van der Waals surface area contributed by atoms with Crippen LogP contribution in [0.3, 0.4) is 0 Å². The number of methoxy groups -OCH3 is 2. The van der Waals surface area contributed by atoms with Crippen LogP contribution < -0.4 is 19.5 Å². The minimum atomic E-state index is -1.13. The standard InChI is InChI=1S/C20H17ClN2O6/c1-27-16-6-4-14(21)9-15(16)23-20(26)13(10-22)7-12-3-5-17(18(8-12)28-2)29-11-19(24)25/h3-9H,11H2,1-2H3,(H,23,26)(H,24,25)/b13-7+. The van der Waals surface area contributed by atoms with Gasteiger partial charge < -0.3 is 24.6 Å². The summed E-state index contributed by atoms with van der Waals surface area (Å²) in [6, 6.07) is 11.1. The van der Waals surface area contributed by atoms with E-state index in [1.807, 2.05) is 6.07 Å². The van der Waals surface area contributed by atoms with Crippen LogP contribution in [0.5, 0.6) is 17.2 Å². The summed E-state index contributed by atoms with van der Waals surface area (Å²) in [7, 11) is 2.83. The van der Waals surface area contributed by atoms with Gasteiger partial charge in [0, 0.05) is 5.02 Å². The third kappa shape index (κ3) is 5.89. The van der Waals surface area contributed by atoms with Crippen molar-refractivity contribution < 1.29 is 28.9 Å². The van der Waals surface area contributed by atoms with Gasteiger partial charge in [0.15, 0.2) is 18.1 Å². The van der Waals surface area contributed by atoms with Gasteiger partial charge in [-0.3, -0.25) is 4.79 Å². The highest BCUT2D eigenvalue weighted by atomic mass is 35.5. The molecule has 2 aromatic carbocycles. The Labute approximate surface area is 171 Å². The predicted molar refractivity (Wildman–Crippen MR) is 106 cm³/mol. The molecule has 0 saturated carbocycles. The van der Waals surface area contributed by atoms with E-state index in [1.54, 1.807) is 18.2 Å². The molecule has 0 aromatic heterocycles. The number of ether oxygens (including phenoxy) is 3. The summed E-state index contributed by atoms with van der Waals surface area (Å²) in [5.74, 6) is -0.913. The molecule has 2 rings (SSSR count). The second kappa shape index (κ2) is 10.0. The van der Waals surface area contributed by atoms with Gasteiger partial charge in [0.1, 0.15) is 17.4 Å². The second-order valence-corrected chi connectivity index (χ2v) is 6.00. The lowest BCUT2D eigenvalue weighted by Gasteiger charge is -2.11. The summed E-state index contributed by atoms with van der Waals surface area (Å²) in [6.07, 6.45) is 1.36. The van der Waals surface area contributed by atoms with Gasteiger partial charge in [-0.25, -0.2) is 4.79 Å². The number of nitrogens with zero attached hydrogens (tertiary/aromatic N) is 1. The van der Waals surface area contributed by atoms with Gasteiger partial charge >= 0.3 is 5.97 Å². The monoisotopic (exact) mass is 416 g/mol. The number of amides is 1. The summed E-state index contributed by atoms with van der Waals surface area (Å²) in [4.78, 5) is 23.1. The van der Waals surface area contributed by atoms with E-state index in [1.165, 1.54) is 38.5 Å². The summed E-state index contributed by atoms with van der Waals surface area (Å²) in [5.41, 5.74) is 0.628. The number of benzene rings is 2. The van der Waals surface area contributed by atoms with Gasteiger partial charge in [-0.05, 0) is 42.0 Å². The second-order valence-electron chi connectivity index (χ2n) is 5.56. The maximum Gasteiger partial charge on any atom is 0.341 e. The van der Waals surface area contributed by atoms with Gasteiger partial charge in [0.05, 0.1) is 19.9 Å². The lowest BCUT2D eigenvalue weighted by molar-refractivity contribution is -0.139. The number of aliphatic carboxylic acids is 1. The van der Waals surface area contributed by atoms with Crippen molar-refractivity contribution in [3.63, 3.8) is 0 Å². The fourth-order valence-electron chi connectivity index (χ4n) is 2.32. The van der Waals surface area contributed by atoms with E-state index in [4.69, 9.17) is 30.9 Å². The molecule has 0 bridgehead atoms. The molecule has 0 radical (unpaired) electrons. The molecule has 0 unspecified atom stereocenters. The van der Waals surface area contributed by atoms with E-state index >= 15 is 0 Å². The molecule has 2 aromatic rings. The third-order valence-electron chi connectivity index (χ3n) is 3.62. The van der Waals surface area contributed by atoms with Crippen LogP contribution in [0.25, 0.3) is 6.08 Å². The molecule has 8 nitrogen and oxygen atoms in total. The average Bonchev–Trinajstić information content (AvgIpc) is 2.70. The van der Waals surface area contributed by atoms with E-state index in [0.717, 1.165) is 0 Å². The van der Waals surface area contributed by atoms with E-state index in [-0.39, 0.29) is 17.1 Å². The van der Waals surface area contributed by atoms with Crippen molar-refractivity contribution in [2.75, 3.05) is 26.1 Å². The Morgan fingerprint density at radius 2 is 1.83 bits per heavy atom. The summed E-state index contributed by atoms with van der Waals surface area (Å²) in [5, 5.41) is 21.1. The van der Waals surface area contributed by atoms with Crippen LogP contribution in [0.1, 0.15) is 5.56 Å². The molecule has 0 spiro atoms. The Hall–Kier alpha value is -3.70. The largest absolute Gasteiger partial charge is 0.495 e. The number of carboxylic acids is 1. The quantitative estimate of drug-likeness (QED) is 0.500. The first-order valence-corrected chi connectivity index (χ1v) is 8.55.